The van der Waals surface area contributed by atoms with E-state index in [0.29, 0.717) is 6.54 Å². The summed E-state index contributed by atoms with van der Waals surface area (Å²) < 4.78 is 0. The third-order valence-electron chi connectivity index (χ3n) is 3.11. The quantitative estimate of drug-likeness (QED) is 0.641. The van der Waals surface area contributed by atoms with Crippen LogP contribution in [0.25, 0.3) is 0 Å². The van der Waals surface area contributed by atoms with Gasteiger partial charge in [-0.05, 0) is 19.8 Å². The summed E-state index contributed by atoms with van der Waals surface area (Å²) in [4.78, 5) is 35.3. The van der Waals surface area contributed by atoms with Gasteiger partial charge in [0.1, 0.15) is 6.54 Å². The molecule has 0 aromatic heterocycles. The van der Waals surface area contributed by atoms with Crippen LogP contribution in [0.1, 0.15) is 32.6 Å². The van der Waals surface area contributed by atoms with Gasteiger partial charge >= 0.3 is 12.0 Å². The molecule has 19 heavy (non-hydrogen) atoms. The first-order valence-corrected chi connectivity index (χ1v) is 6.57. The normalized spacial score (nSPS) is 15.0. The Bertz CT molecular complexity index is 340. The van der Waals surface area contributed by atoms with E-state index in [2.05, 4.69) is 10.6 Å². The van der Waals surface area contributed by atoms with Gasteiger partial charge in [-0.25, -0.2) is 4.79 Å². The predicted octanol–water partition coefficient (Wildman–Crippen LogP) is 0.161. The largest absolute Gasteiger partial charge is 0.480 e. The number of carboxylic acid groups (broad SMARTS) is 1. The summed E-state index contributed by atoms with van der Waals surface area (Å²) in [6.45, 7) is 1.83. The summed E-state index contributed by atoms with van der Waals surface area (Å²) >= 11 is 0. The van der Waals surface area contributed by atoms with Crippen LogP contribution >= 0.6 is 0 Å². The van der Waals surface area contributed by atoms with Crippen LogP contribution in [0.5, 0.6) is 0 Å². The second-order valence-corrected chi connectivity index (χ2v) is 4.57. The topological polar surface area (TPSA) is 98.7 Å². The number of carbonyl (C=O) groups excluding carboxylic acids is 2. The lowest BCUT2D eigenvalue weighted by Crippen LogP contribution is -2.49. The van der Waals surface area contributed by atoms with Crippen LogP contribution in [0, 0.1) is 0 Å². The fourth-order valence-electron chi connectivity index (χ4n) is 2.25. The second-order valence-electron chi connectivity index (χ2n) is 4.57. The number of hydrogen-bond donors (Lipinski definition) is 3. The number of likely N-dealkylation sites (N-methyl/N-ethyl adjacent to an activating group) is 1. The Balaban J connectivity index is 2.51. The molecule has 0 bridgehead atoms. The Hall–Kier alpha value is -1.79. The maximum absolute atomic E-state index is 11.9. The molecule has 7 heteroatoms. The fraction of sp³-hybridized carbons (Fsp3) is 0.750. The lowest BCUT2D eigenvalue weighted by atomic mass is 10.2. The van der Waals surface area contributed by atoms with Gasteiger partial charge in [0.05, 0.1) is 6.54 Å². The molecule has 1 fully saturated rings. The number of hydrogen-bond acceptors (Lipinski definition) is 3. The number of carbonyl (C=O) groups is 3. The maximum Gasteiger partial charge on any atom is 0.323 e. The van der Waals surface area contributed by atoms with Crippen molar-refractivity contribution >= 4 is 17.9 Å². The van der Waals surface area contributed by atoms with Crippen molar-refractivity contribution in [3.05, 3.63) is 0 Å². The summed E-state index contributed by atoms with van der Waals surface area (Å²) in [5, 5.41) is 13.9. The van der Waals surface area contributed by atoms with Crippen molar-refractivity contribution in [2.75, 3.05) is 19.6 Å². The van der Waals surface area contributed by atoms with Crippen molar-refractivity contribution in [2.24, 2.45) is 0 Å². The van der Waals surface area contributed by atoms with Crippen molar-refractivity contribution < 1.29 is 19.5 Å². The molecule has 7 nitrogen and oxygen atoms in total. The Morgan fingerprint density at radius 3 is 2.37 bits per heavy atom. The number of nitrogens with zero attached hydrogens (tertiary/aromatic N) is 1. The number of rotatable bonds is 6. The average molecular weight is 271 g/mol. The smallest absolute Gasteiger partial charge is 0.323 e. The third-order valence-corrected chi connectivity index (χ3v) is 3.11. The fourth-order valence-corrected chi connectivity index (χ4v) is 2.25. The van der Waals surface area contributed by atoms with E-state index in [1.807, 2.05) is 0 Å². The lowest BCUT2D eigenvalue weighted by Gasteiger charge is -2.27. The van der Waals surface area contributed by atoms with Crippen molar-refractivity contribution in [2.45, 2.75) is 38.6 Å². The molecule has 0 saturated heterocycles. The summed E-state index contributed by atoms with van der Waals surface area (Å²) in [6.07, 6.45) is 3.65. The number of nitrogens with one attached hydrogen (secondary N) is 2. The van der Waals surface area contributed by atoms with E-state index >= 15 is 0 Å². The van der Waals surface area contributed by atoms with Gasteiger partial charge in [0.25, 0.3) is 0 Å². The zero-order valence-corrected chi connectivity index (χ0v) is 11.1. The zero-order chi connectivity index (χ0) is 14.3. The summed E-state index contributed by atoms with van der Waals surface area (Å²) in [5.74, 6) is -1.32. The van der Waals surface area contributed by atoms with E-state index in [9.17, 15) is 14.4 Å². The van der Waals surface area contributed by atoms with Crippen LogP contribution in [-0.4, -0.2) is 53.6 Å². The predicted molar refractivity (Wildman–Crippen MR) is 68.7 cm³/mol. The molecule has 0 aromatic carbocycles. The van der Waals surface area contributed by atoms with Crippen LogP contribution in [0.4, 0.5) is 4.79 Å². The first-order valence-electron chi connectivity index (χ1n) is 6.57. The monoisotopic (exact) mass is 271 g/mol. The highest BCUT2D eigenvalue weighted by atomic mass is 16.4. The zero-order valence-electron chi connectivity index (χ0n) is 11.1. The van der Waals surface area contributed by atoms with Crippen LogP contribution in [-0.2, 0) is 9.59 Å². The van der Waals surface area contributed by atoms with Gasteiger partial charge in [-0.15, -0.1) is 0 Å². The molecular weight excluding hydrogens is 250 g/mol. The number of urea groups is 1. The molecule has 3 amide bonds. The number of aliphatic carboxylic acids is 1. The van der Waals surface area contributed by atoms with Crippen LogP contribution in [0.15, 0.2) is 0 Å². The van der Waals surface area contributed by atoms with Gasteiger partial charge in [-0.3, -0.25) is 9.59 Å². The minimum absolute atomic E-state index is 0.0367. The van der Waals surface area contributed by atoms with E-state index in [4.69, 9.17) is 5.11 Å². The molecule has 3 N–H and O–H groups in total. The summed E-state index contributed by atoms with van der Waals surface area (Å²) in [5.41, 5.74) is 0. The van der Waals surface area contributed by atoms with Gasteiger partial charge in [-0.2, -0.15) is 0 Å². The Kier molecular flexibility index (Phi) is 6.11. The standard InChI is InChI=1S/C12H21N3O4/c1-2-13-10(16)7-14-12(19)15(8-11(17)18)9-5-3-4-6-9/h9H,2-8H2,1H3,(H,13,16)(H,14,19)(H,17,18). The molecule has 1 aliphatic rings. The van der Waals surface area contributed by atoms with E-state index in [-0.39, 0.29) is 25.0 Å². The molecule has 1 aliphatic carbocycles. The molecule has 0 unspecified atom stereocenters. The minimum atomic E-state index is -1.04. The molecule has 0 aliphatic heterocycles. The Morgan fingerprint density at radius 1 is 1.21 bits per heavy atom. The minimum Gasteiger partial charge on any atom is -0.480 e. The third kappa shape index (κ3) is 5.15. The lowest BCUT2D eigenvalue weighted by molar-refractivity contribution is -0.138. The first kappa shape index (κ1) is 15.3. The van der Waals surface area contributed by atoms with Crippen LogP contribution < -0.4 is 10.6 Å². The summed E-state index contributed by atoms with van der Waals surface area (Å²) in [6, 6.07) is -0.522. The molecule has 108 valence electrons. The van der Waals surface area contributed by atoms with Gasteiger partial charge in [-0.1, -0.05) is 12.8 Å². The van der Waals surface area contributed by atoms with Gasteiger partial charge in [0.2, 0.25) is 5.91 Å². The average Bonchev–Trinajstić information content (AvgIpc) is 2.86. The maximum atomic E-state index is 11.9. The van der Waals surface area contributed by atoms with E-state index in [1.54, 1.807) is 6.92 Å². The van der Waals surface area contributed by atoms with E-state index < -0.39 is 12.0 Å². The SMILES string of the molecule is CCNC(=O)CNC(=O)N(CC(=O)O)C1CCCC1. The summed E-state index contributed by atoms with van der Waals surface area (Å²) in [7, 11) is 0. The number of amides is 3. The van der Waals surface area contributed by atoms with Crippen LogP contribution in [0.3, 0.4) is 0 Å². The van der Waals surface area contributed by atoms with Crippen molar-refractivity contribution in [3.63, 3.8) is 0 Å². The van der Waals surface area contributed by atoms with Crippen molar-refractivity contribution in [1.29, 1.82) is 0 Å². The second kappa shape index (κ2) is 7.60. The molecular formula is C12H21N3O4. The molecule has 0 radical (unpaired) electrons. The van der Waals surface area contributed by atoms with E-state index in [1.165, 1.54) is 4.90 Å². The number of carboxylic acids is 1. The van der Waals surface area contributed by atoms with Gasteiger partial charge < -0.3 is 20.6 Å². The van der Waals surface area contributed by atoms with Crippen molar-refractivity contribution in [1.82, 2.24) is 15.5 Å². The van der Waals surface area contributed by atoms with Gasteiger partial charge in [0.15, 0.2) is 0 Å². The highest BCUT2D eigenvalue weighted by Crippen LogP contribution is 2.23. The van der Waals surface area contributed by atoms with Crippen LogP contribution in [0.2, 0.25) is 0 Å². The van der Waals surface area contributed by atoms with Gasteiger partial charge in [0, 0.05) is 12.6 Å². The molecule has 1 saturated carbocycles. The van der Waals surface area contributed by atoms with Crippen molar-refractivity contribution in [3.8, 4) is 0 Å². The molecule has 0 atom stereocenters. The first-order chi connectivity index (χ1) is 9.04. The highest BCUT2D eigenvalue weighted by Gasteiger charge is 2.28. The molecule has 0 spiro atoms. The highest BCUT2D eigenvalue weighted by molar-refractivity contribution is 5.85. The molecule has 1 rings (SSSR count). The molecule has 0 heterocycles. The Labute approximate surface area is 112 Å². The molecule has 0 aromatic rings. The van der Waals surface area contributed by atoms with E-state index in [0.717, 1.165) is 25.7 Å². The Morgan fingerprint density at radius 2 is 1.84 bits per heavy atom.